The number of hydrogen-bond acceptors (Lipinski definition) is 5. The number of aliphatic hydroxyl groups excluding tert-OH is 1. The molecule has 5 nitrogen and oxygen atoms in total. The Hall–Kier alpha value is -1.75. The molecule has 5 heteroatoms. The molecule has 0 aliphatic carbocycles. The van der Waals surface area contributed by atoms with Crippen LogP contribution in [-0.4, -0.2) is 31.4 Å². The monoisotopic (exact) mass is 282 g/mol. The highest BCUT2D eigenvalue weighted by atomic mass is 16.6. The topological polar surface area (TPSA) is 65.0 Å². The van der Waals surface area contributed by atoms with E-state index in [0.717, 1.165) is 18.4 Å². The molecule has 1 rings (SSSR count). The van der Waals surface area contributed by atoms with E-state index in [1.807, 2.05) is 6.92 Å². The van der Waals surface area contributed by atoms with Gasteiger partial charge in [0.25, 0.3) is 0 Å². The predicted molar refractivity (Wildman–Crippen MR) is 75.0 cm³/mol. The van der Waals surface area contributed by atoms with Crippen molar-refractivity contribution in [3.05, 3.63) is 23.8 Å². The maximum atomic E-state index is 11.4. The molecule has 0 heterocycles. The van der Waals surface area contributed by atoms with E-state index < -0.39 is 12.1 Å². The van der Waals surface area contributed by atoms with Crippen LogP contribution >= 0.6 is 0 Å². The molecule has 0 fully saturated rings. The number of methoxy groups -OCH3 is 1. The smallest absolute Gasteiger partial charge is 0.344 e. The van der Waals surface area contributed by atoms with Crippen LogP contribution in [0.25, 0.3) is 0 Å². The Morgan fingerprint density at radius 3 is 2.70 bits per heavy atom. The summed E-state index contributed by atoms with van der Waals surface area (Å²) in [5.41, 5.74) is 0.722. The van der Waals surface area contributed by atoms with E-state index in [0.29, 0.717) is 18.1 Å². The number of ether oxygens (including phenoxy) is 3. The fraction of sp³-hybridized carbons (Fsp3) is 0.533. The molecule has 1 N–H and O–H groups in total. The molecule has 0 aromatic heterocycles. The van der Waals surface area contributed by atoms with Crippen LogP contribution in [0.1, 0.15) is 38.4 Å². The summed E-state index contributed by atoms with van der Waals surface area (Å²) in [6, 6.07) is 5.08. The van der Waals surface area contributed by atoms with Crippen LogP contribution in [0, 0.1) is 0 Å². The first kappa shape index (κ1) is 16.3. The number of hydrogen-bond donors (Lipinski definition) is 1. The van der Waals surface area contributed by atoms with Crippen molar-refractivity contribution in [3.8, 4) is 11.5 Å². The van der Waals surface area contributed by atoms with E-state index in [9.17, 15) is 9.90 Å². The Bertz CT molecular complexity index is 428. The Balaban J connectivity index is 2.57. The zero-order valence-corrected chi connectivity index (χ0v) is 12.2. The van der Waals surface area contributed by atoms with Gasteiger partial charge >= 0.3 is 5.97 Å². The lowest BCUT2D eigenvalue weighted by molar-refractivity contribution is -0.146. The lowest BCUT2D eigenvalue weighted by Crippen LogP contribution is -2.15. The average Bonchev–Trinajstić information content (AvgIpc) is 2.45. The highest BCUT2D eigenvalue weighted by molar-refractivity contribution is 5.71. The van der Waals surface area contributed by atoms with E-state index in [-0.39, 0.29) is 6.61 Å². The third-order valence-corrected chi connectivity index (χ3v) is 2.78. The Labute approximate surface area is 119 Å². The van der Waals surface area contributed by atoms with Crippen molar-refractivity contribution in [1.29, 1.82) is 0 Å². The maximum absolute atomic E-state index is 11.4. The Morgan fingerprint density at radius 1 is 1.35 bits per heavy atom. The molecule has 0 unspecified atom stereocenters. The van der Waals surface area contributed by atoms with E-state index in [2.05, 4.69) is 0 Å². The van der Waals surface area contributed by atoms with Gasteiger partial charge in [-0.15, -0.1) is 0 Å². The predicted octanol–water partition coefficient (Wildman–Crippen LogP) is 2.47. The molecule has 0 aliphatic rings. The first-order chi connectivity index (χ1) is 9.58. The largest absolute Gasteiger partial charge is 0.493 e. The van der Waals surface area contributed by atoms with Crippen LogP contribution in [0.2, 0.25) is 0 Å². The minimum Gasteiger partial charge on any atom is -0.493 e. The minimum absolute atomic E-state index is 0.159. The Kier molecular flexibility index (Phi) is 6.87. The zero-order chi connectivity index (χ0) is 15.0. The van der Waals surface area contributed by atoms with Gasteiger partial charge in [0.05, 0.1) is 19.8 Å². The maximum Gasteiger partial charge on any atom is 0.344 e. The number of esters is 1. The standard InChI is InChI=1S/C15H22O5/c1-4-5-8-19-15(17)10-20-13-7-6-12(11(2)16)9-14(13)18-3/h6-7,9,11,16H,4-5,8,10H2,1-3H3/t11-/m1/s1. The van der Waals surface area contributed by atoms with Crippen molar-refractivity contribution in [1.82, 2.24) is 0 Å². The normalized spacial score (nSPS) is 11.8. The van der Waals surface area contributed by atoms with Crippen LogP contribution in [-0.2, 0) is 9.53 Å². The summed E-state index contributed by atoms with van der Waals surface area (Å²) in [6.07, 6.45) is 1.23. The second-order valence-corrected chi connectivity index (χ2v) is 4.45. The molecule has 1 aromatic carbocycles. The van der Waals surface area contributed by atoms with Gasteiger partial charge in [-0.3, -0.25) is 0 Å². The summed E-state index contributed by atoms with van der Waals surface area (Å²) in [6.45, 7) is 3.95. The van der Waals surface area contributed by atoms with E-state index in [4.69, 9.17) is 14.2 Å². The summed E-state index contributed by atoms with van der Waals surface area (Å²) in [5.74, 6) is 0.522. The van der Waals surface area contributed by atoms with E-state index in [1.54, 1.807) is 25.1 Å². The van der Waals surface area contributed by atoms with Gasteiger partial charge in [0, 0.05) is 0 Å². The third kappa shape index (κ3) is 5.09. The number of carbonyl (C=O) groups is 1. The van der Waals surface area contributed by atoms with E-state index >= 15 is 0 Å². The molecule has 20 heavy (non-hydrogen) atoms. The molecule has 0 amide bonds. The SMILES string of the molecule is CCCCOC(=O)COc1ccc([C@@H](C)O)cc1OC. The first-order valence-electron chi connectivity index (χ1n) is 6.73. The molecule has 1 aromatic rings. The number of rotatable bonds is 8. The van der Waals surface area contributed by atoms with Gasteiger partial charge in [-0.25, -0.2) is 4.79 Å². The Morgan fingerprint density at radius 2 is 2.10 bits per heavy atom. The molecule has 0 spiro atoms. The molecular weight excluding hydrogens is 260 g/mol. The van der Waals surface area contributed by atoms with Gasteiger partial charge in [0.15, 0.2) is 18.1 Å². The second kappa shape index (κ2) is 8.43. The van der Waals surface area contributed by atoms with Gasteiger partial charge in [0.1, 0.15) is 0 Å². The highest BCUT2D eigenvalue weighted by Crippen LogP contribution is 2.30. The van der Waals surface area contributed by atoms with Crippen LogP contribution in [0.5, 0.6) is 11.5 Å². The van der Waals surface area contributed by atoms with Crippen molar-refractivity contribution in [2.75, 3.05) is 20.3 Å². The summed E-state index contributed by atoms with van der Waals surface area (Å²) in [7, 11) is 1.51. The number of carbonyl (C=O) groups excluding carboxylic acids is 1. The molecule has 0 bridgehead atoms. The van der Waals surface area contributed by atoms with Crippen molar-refractivity contribution < 1.29 is 24.1 Å². The molecule has 1 atom stereocenters. The average molecular weight is 282 g/mol. The minimum atomic E-state index is -0.586. The van der Waals surface area contributed by atoms with Gasteiger partial charge in [-0.05, 0) is 31.0 Å². The van der Waals surface area contributed by atoms with Crippen LogP contribution in [0.4, 0.5) is 0 Å². The highest BCUT2D eigenvalue weighted by Gasteiger charge is 2.11. The zero-order valence-electron chi connectivity index (χ0n) is 12.2. The summed E-state index contributed by atoms with van der Waals surface area (Å²) < 4.78 is 15.5. The van der Waals surface area contributed by atoms with Crippen molar-refractivity contribution in [3.63, 3.8) is 0 Å². The van der Waals surface area contributed by atoms with Gasteiger partial charge in [-0.2, -0.15) is 0 Å². The van der Waals surface area contributed by atoms with Crippen molar-refractivity contribution in [2.45, 2.75) is 32.8 Å². The van der Waals surface area contributed by atoms with E-state index in [1.165, 1.54) is 7.11 Å². The molecule has 112 valence electrons. The first-order valence-corrected chi connectivity index (χ1v) is 6.73. The molecule has 0 saturated heterocycles. The van der Waals surface area contributed by atoms with Crippen LogP contribution in [0.15, 0.2) is 18.2 Å². The van der Waals surface area contributed by atoms with Crippen molar-refractivity contribution in [2.24, 2.45) is 0 Å². The second-order valence-electron chi connectivity index (χ2n) is 4.45. The van der Waals surface area contributed by atoms with Crippen LogP contribution in [0.3, 0.4) is 0 Å². The molecule has 0 saturated carbocycles. The molecular formula is C15H22O5. The summed E-state index contributed by atoms with van der Waals surface area (Å²) >= 11 is 0. The van der Waals surface area contributed by atoms with Gasteiger partial charge < -0.3 is 19.3 Å². The van der Waals surface area contributed by atoms with Crippen LogP contribution < -0.4 is 9.47 Å². The quantitative estimate of drug-likeness (QED) is 0.586. The lowest BCUT2D eigenvalue weighted by Gasteiger charge is -2.13. The number of benzene rings is 1. The fourth-order valence-electron chi connectivity index (χ4n) is 1.57. The third-order valence-electron chi connectivity index (χ3n) is 2.78. The summed E-state index contributed by atoms with van der Waals surface area (Å²) in [5, 5.41) is 9.50. The summed E-state index contributed by atoms with van der Waals surface area (Å²) in [4.78, 5) is 11.4. The molecule has 0 aliphatic heterocycles. The molecule has 0 radical (unpaired) electrons. The number of unbranched alkanes of at least 4 members (excludes halogenated alkanes) is 1. The van der Waals surface area contributed by atoms with Gasteiger partial charge in [0.2, 0.25) is 0 Å². The fourth-order valence-corrected chi connectivity index (χ4v) is 1.57. The number of aliphatic hydroxyl groups is 1. The van der Waals surface area contributed by atoms with Crippen molar-refractivity contribution >= 4 is 5.97 Å². The van der Waals surface area contributed by atoms with Gasteiger partial charge in [-0.1, -0.05) is 19.4 Å². The lowest BCUT2D eigenvalue weighted by atomic mass is 10.1.